The third-order valence-electron chi connectivity index (χ3n) is 2.54. The fourth-order valence-electron chi connectivity index (χ4n) is 1.14. The average molecular weight is 195 g/mol. The summed E-state index contributed by atoms with van der Waals surface area (Å²) in [5, 5.41) is 0. The fraction of sp³-hybridized carbons (Fsp3) is 0.727. The Morgan fingerprint density at radius 3 is 2.21 bits per heavy atom. The van der Waals surface area contributed by atoms with Crippen LogP contribution in [0.5, 0.6) is 0 Å². The lowest BCUT2D eigenvalue weighted by molar-refractivity contribution is 0.500. The second-order valence-corrected chi connectivity index (χ2v) is 5.48. The Bertz CT molecular complexity index is 305. The first-order valence-electron chi connectivity index (χ1n) is 5.03. The van der Waals surface area contributed by atoms with Crippen LogP contribution < -0.4 is 5.73 Å². The molecule has 0 aliphatic rings. The van der Waals surface area contributed by atoms with E-state index in [9.17, 15) is 0 Å². The van der Waals surface area contributed by atoms with Crippen LogP contribution in [0.2, 0.25) is 0 Å². The number of aromatic amines is 1. The first-order valence-corrected chi connectivity index (χ1v) is 5.03. The Balaban J connectivity index is 3.00. The zero-order chi connectivity index (χ0) is 11.0. The lowest BCUT2D eigenvalue weighted by Crippen LogP contribution is -2.29. The molecule has 1 aromatic rings. The zero-order valence-electron chi connectivity index (χ0n) is 9.81. The van der Waals surface area contributed by atoms with E-state index in [1.807, 2.05) is 6.20 Å². The van der Waals surface area contributed by atoms with Crippen LogP contribution in [0.4, 0.5) is 0 Å². The summed E-state index contributed by atoms with van der Waals surface area (Å²) in [7, 11) is 0. The summed E-state index contributed by atoms with van der Waals surface area (Å²) in [5.41, 5.74) is 6.91. The summed E-state index contributed by atoms with van der Waals surface area (Å²) >= 11 is 0. The largest absolute Gasteiger partial charge is 0.345 e. The van der Waals surface area contributed by atoms with Gasteiger partial charge in [-0.2, -0.15) is 0 Å². The van der Waals surface area contributed by atoms with Crippen LogP contribution in [0.25, 0.3) is 0 Å². The molecule has 1 aromatic heterocycles. The van der Waals surface area contributed by atoms with Gasteiger partial charge in [-0.15, -0.1) is 0 Å². The minimum Gasteiger partial charge on any atom is -0.345 e. The van der Waals surface area contributed by atoms with E-state index >= 15 is 0 Å². The van der Waals surface area contributed by atoms with Crippen molar-refractivity contribution in [2.45, 2.75) is 45.4 Å². The highest BCUT2D eigenvalue weighted by atomic mass is 14.9. The Labute approximate surface area is 86.1 Å². The molecule has 0 unspecified atom stereocenters. The summed E-state index contributed by atoms with van der Waals surface area (Å²) in [6.07, 6.45) is 1.91. The zero-order valence-corrected chi connectivity index (χ0v) is 9.81. The van der Waals surface area contributed by atoms with Crippen molar-refractivity contribution in [3.63, 3.8) is 0 Å². The third-order valence-corrected chi connectivity index (χ3v) is 2.54. The molecule has 0 saturated carbocycles. The van der Waals surface area contributed by atoms with Gasteiger partial charge in [-0.3, -0.25) is 0 Å². The van der Waals surface area contributed by atoms with E-state index in [-0.39, 0.29) is 10.8 Å². The normalized spacial score (nSPS) is 13.3. The number of H-pyrrole nitrogens is 1. The quantitative estimate of drug-likeness (QED) is 0.757. The first kappa shape index (κ1) is 11.2. The van der Waals surface area contributed by atoms with Crippen LogP contribution in [-0.2, 0) is 10.8 Å². The van der Waals surface area contributed by atoms with Crippen molar-refractivity contribution in [1.29, 1.82) is 0 Å². The van der Waals surface area contributed by atoms with Crippen LogP contribution in [0.3, 0.4) is 0 Å². The molecule has 3 heteroatoms. The maximum Gasteiger partial charge on any atom is 0.113 e. The molecule has 14 heavy (non-hydrogen) atoms. The Kier molecular flexibility index (Phi) is 2.72. The van der Waals surface area contributed by atoms with Gasteiger partial charge in [0.2, 0.25) is 0 Å². The minimum absolute atomic E-state index is 0.0660. The molecular weight excluding hydrogens is 174 g/mol. The molecule has 0 spiro atoms. The molecule has 80 valence electrons. The van der Waals surface area contributed by atoms with E-state index in [2.05, 4.69) is 44.6 Å². The number of nitrogens with one attached hydrogen (secondary N) is 1. The van der Waals surface area contributed by atoms with Crippen molar-refractivity contribution < 1.29 is 0 Å². The Hall–Kier alpha value is -0.830. The molecule has 0 aliphatic heterocycles. The summed E-state index contributed by atoms with van der Waals surface area (Å²) in [6.45, 7) is 11.3. The maximum absolute atomic E-state index is 5.70. The number of aromatic nitrogens is 2. The van der Waals surface area contributed by atoms with Gasteiger partial charge >= 0.3 is 0 Å². The van der Waals surface area contributed by atoms with Gasteiger partial charge in [-0.1, -0.05) is 34.6 Å². The van der Waals surface area contributed by atoms with Gasteiger partial charge in [-0.25, -0.2) is 4.98 Å². The van der Waals surface area contributed by atoms with Crippen molar-refractivity contribution in [1.82, 2.24) is 9.97 Å². The lowest BCUT2D eigenvalue weighted by Gasteiger charge is -2.20. The van der Waals surface area contributed by atoms with Crippen LogP contribution in [0, 0.1) is 0 Å². The number of nitrogens with zero attached hydrogens (tertiary/aromatic N) is 1. The molecule has 0 atom stereocenters. The van der Waals surface area contributed by atoms with E-state index in [0.717, 1.165) is 11.5 Å². The molecule has 0 saturated heterocycles. The van der Waals surface area contributed by atoms with E-state index in [1.54, 1.807) is 0 Å². The summed E-state index contributed by atoms with van der Waals surface area (Å²) in [4.78, 5) is 7.74. The second-order valence-electron chi connectivity index (χ2n) is 5.48. The predicted octanol–water partition coefficient (Wildman–Crippen LogP) is 1.94. The van der Waals surface area contributed by atoms with E-state index in [0.29, 0.717) is 6.54 Å². The first-order chi connectivity index (χ1) is 6.27. The Morgan fingerprint density at radius 1 is 1.29 bits per heavy atom. The maximum atomic E-state index is 5.70. The van der Waals surface area contributed by atoms with Crippen LogP contribution in [0.1, 0.15) is 46.1 Å². The SMILES string of the molecule is CC(C)(C)c1cnc(C(C)(C)CN)[nH]1. The molecule has 1 heterocycles. The number of imidazole rings is 1. The van der Waals surface area contributed by atoms with Gasteiger partial charge < -0.3 is 10.7 Å². The summed E-state index contributed by atoms with van der Waals surface area (Å²) < 4.78 is 0. The van der Waals surface area contributed by atoms with E-state index in [1.165, 1.54) is 0 Å². The number of rotatable bonds is 2. The monoisotopic (exact) mass is 195 g/mol. The topological polar surface area (TPSA) is 54.7 Å². The molecule has 0 aromatic carbocycles. The van der Waals surface area contributed by atoms with Crippen molar-refractivity contribution in [3.05, 3.63) is 17.7 Å². The van der Waals surface area contributed by atoms with E-state index < -0.39 is 0 Å². The highest BCUT2D eigenvalue weighted by molar-refractivity contribution is 5.16. The van der Waals surface area contributed by atoms with Crippen molar-refractivity contribution in [3.8, 4) is 0 Å². The predicted molar refractivity (Wildman–Crippen MR) is 59.4 cm³/mol. The van der Waals surface area contributed by atoms with Gasteiger partial charge in [0.05, 0.1) is 0 Å². The van der Waals surface area contributed by atoms with Gasteiger partial charge in [0.15, 0.2) is 0 Å². The standard InChI is InChI=1S/C11H21N3/c1-10(2,3)8-6-13-9(14-8)11(4,5)7-12/h6H,7,12H2,1-5H3,(H,13,14). The van der Waals surface area contributed by atoms with Gasteiger partial charge in [0.1, 0.15) is 5.82 Å². The molecule has 0 aliphatic carbocycles. The van der Waals surface area contributed by atoms with Crippen LogP contribution >= 0.6 is 0 Å². The smallest absolute Gasteiger partial charge is 0.113 e. The number of hydrogen-bond donors (Lipinski definition) is 2. The third kappa shape index (κ3) is 2.15. The van der Waals surface area contributed by atoms with Crippen LogP contribution in [-0.4, -0.2) is 16.5 Å². The highest BCUT2D eigenvalue weighted by Gasteiger charge is 2.24. The molecule has 0 bridgehead atoms. The average Bonchev–Trinajstić information content (AvgIpc) is 2.51. The fourth-order valence-corrected chi connectivity index (χ4v) is 1.14. The molecule has 0 amide bonds. The number of hydrogen-bond acceptors (Lipinski definition) is 2. The molecular formula is C11H21N3. The second kappa shape index (κ2) is 3.39. The number of nitrogens with two attached hydrogens (primary N) is 1. The summed E-state index contributed by atoms with van der Waals surface area (Å²) in [5.74, 6) is 0.977. The molecule has 3 nitrogen and oxygen atoms in total. The Morgan fingerprint density at radius 2 is 1.86 bits per heavy atom. The molecule has 0 fully saturated rings. The minimum atomic E-state index is -0.0660. The molecule has 1 rings (SSSR count). The van der Waals surface area contributed by atoms with Crippen LogP contribution in [0.15, 0.2) is 6.20 Å². The summed E-state index contributed by atoms with van der Waals surface area (Å²) in [6, 6.07) is 0. The van der Waals surface area contributed by atoms with Crippen molar-refractivity contribution in [2.24, 2.45) is 5.73 Å². The molecule has 0 radical (unpaired) electrons. The van der Waals surface area contributed by atoms with Crippen molar-refractivity contribution in [2.75, 3.05) is 6.54 Å². The molecule has 3 N–H and O–H groups in total. The van der Waals surface area contributed by atoms with Gasteiger partial charge in [0.25, 0.3) is 0 Å². The lowest BCUT2D eigenvalue weighted by atomic mass is 9.92. The van der Waals surface area contributed by atoms with Gasteiger partial charge in [-0.05, 0) is 0 Å². The van der Waals surface area contributed by atoms with E-state index in [4.69, 9.17) is 5.73 Å². The van der Waals surface area contributed by atoms with Gasteiger partial charge in [0, 0.05) is 29.3 Å². The van der Waals surface area contributed by atoms with Crippen molar-refractivity contribution >= 4 is 0 Å². The highest BCUT2D eigenvalue weighted by Crippen LogP contribution is 2.24.